The highest BCUT2D eigenvalue weighted by Gasteiger charge is 2.91. The lowest BCUT2D eigenvalue weighted by atomic mass is 9.42. The van der Waals surface area contributed by atoms with Crippen molar-refractivity contribution in [2.45, 2.75) is 66.7 Å². The summed E-state index contributed by atoms with van der Waals surface area (Å²) >= 11 is 0. The number of nitrogens with zero attached hydrogens (tertiary/aromatic N) is 1. The van der Waals surface area contributed by atoms with Crippen molar-refractivity contribution in [1.29, 1.82) is 0 Å². The van der Waals surface area contributed by atoms with E-state index in [1.165, 1.54) is 7.11 Å². The number of likely N-dealkylation sites (tertiary alicyclic amines) is 1. The van der Waals surface area contributed by atoms with Crippen LogP contribution in [0.4, 0.5) is 0 Å². The molecule has 1 heterocycles. The molecule has 15 atom stereocenters. The molecule has 0 aromatic heterocycles. The molecular weight excluding hydrogens is 546 g/mol. The van der Waals surface area contributed by atoms with Gasteiger partial charge < -0.3 is 49.0 Å². The first-order chi connectivity index (χ1) is 20.0. The molecule has 7 bridgehead atoms. The first kappa shape index (κ1) is 29.1. The third-order valence-electron chi connectivity index (χ3n) is 12.6. The highest BCUT2D eigenvalue weighted by molar-refractivity contribution is 5.89. The van der Waals surface area contributed by atoms with Gasteiger partial charge in [0.05, 0.1) is 30.5 Å². The van der Waals surface area contributed by atoms with Gasteiger partial charge in [0.2, 0.25) is 0 Å². The maximum Gasteiger partial charge on any atom is 0.338 e. The fourth-order valence-electron chi connectivity index (χ4n) is 11.8. The Hall–Kier alpha value is -1.67. The van der Waals surface area contributed by atoms with Crippen molar-refractivity contribution >= 4 is 5.97 Å². The molecule has 0 radical (unpaired) electrons. The van der Waals surface area contributed by atoms with Crippen molar-refractivity contribution < 1.29 is 48.9 Å². The van der Waals surface area contributed by atoms with Crippen LogP contribution in [0.25, 0.3) is 0 Å². The lowest BCUT2D eigenvalue weighted by Gasteiger charge is -2.69. The molecule has 6 fully saturated rings. The van der Waals surface area contributed by atoms with E-state index >= 15 is 0 Å². The fraction of sp³-hybridized carbons (Fsp3) is 0.774. The van der Waals surface area contributed by atoms with E-state index in [9.17, 15) is 25.2 Å². The maximum atomic E-state index is 13.5. The van der Waals surface area contributed by atoms with E-state index in [0.29, 0.717) is 18.5 Å². The SMILES string of the molecule is COC[C@]12CN(C)[C@@H]3[C@@H]4[C@H](OC)[C@H]1[C@@]3([C@@H](OC)CC2O)[C@@H]1C[C@]2(O)[C@H](OC(=O)c3ccccc3)[C@@H]1[C@]4(O)[C@@H](O)[C@@H]2OC. The minimum atomic E-state index is -1.86. The van der Waals surface area contributed by atoms with Gasteiger partial charge in [-0.15, -0.1) is 0 Å². The molecule has 42 heavy (non-hydrogen) atoms. The van der Waals surface area contributed by atoms with E-state index in [2.05, 4.69) is 4.90 Å². The second kappa shape index (κ2) is 9.42. The number of piperidine rings is 1. The van der Waals surface area contributed by atoms with E-state index < -0.39 is 82.4 Å². The Kier molecular flexibility index (Phi) is 6.52. The summed E-state index contributed by atoms with van der Waals surface area (Å²) < 4.78 is 30.3. The molecule has 11 heteroatoms. The van der Waals surface area contributed by atoms with Gasteiger partial charge in [-0.3, -0.25) is 0 Å². The molecule has 1 spiro atoms. The molecule has 7 rings (SSSR count). The Balaban J connectivity index is 1.47. The zero-order chi connectivity index (χ0) is 30.0. The van der Waals surface area contributed by atoms with E-state index in [-0.39, 0.29) is 25.0 Å². The number of ether oxygens (including phenoxy) is 5. The molecule has 1 aromatic rings. The van der Waals surface area contributed by atoms with Crippen LogP contribution < -0.4 is 0 Å². The first-order valence-electron chi connectivity index (χ1n) is 14.9. The van der Waals surface area contributed by atoms with Crippen LogP contribution in [0.15, 0.2) is 30.3 Å². The summed E-state index contributed by atoms with van der Waals surface area (Å²) in [6.07, 6.45) is -5.28. The molecule has 1 saturated heterocycles. The second-order valence-electron chi connectivity index (χ2n) is 13.7. The van der Waals surface area contributed by atoms with Crippen LogP contribution >= 0.6 is 0 Å². The van der Waals surface area contributed by atoms with Crippen molar-refractivity contribution in [3.05, 3.63) is 35.9 Å². The van der Waals surface area contributed by atoms with Crippen LogP contribution in [0.2, 0.25) is 0 Å². The summed E-state index contributed by atoms with van der Waals surface area (Å²) in [5, 5.41) is 49.4. The summed E-state index contributed by atoms with van der Waals surface area (Å²) in [4.78, 5) is 15.7. The molecule has 4 N–H and O–H groups in total. The highest BCUT2D eigenvalue weighted by Crippen LogP contribution is 2.80. The number of carbonyl (C=O) groups excluding carboxylic acids is 1. The normalized spacial score (nSPS) is 53.7. The molecule has 1 aliphatic heterocycles. The van der Waals surface area contributed by atoms with Crippen LogP contribution in [-0.4, -0.2) is 134 Å². The number of methoxy groups -OCH3 is 4. The molecule has 1 unspecified atom stereocenters. The molecule has 1 aromatic carbocycles. The Labute approximate surface area is 245 Å². The van der Waals surface area contributed by atoms with Crippen molar-refractivity contribution in [3.63, 3.8) is 0 Å². The monoisotopic (exact) mass is 589 g/mol. The Bertz CT molecular complexity index is 1240. The maximum absolute atomic E-state index is 13.5. The zero-order valence-corrected chi connectivity index (χ0v) is 24.8. The molecule has 6 aliphatic rings. The van der Waals surface area contributed by atoms with Crippen LogP contribution in [0, 0.1) is 34.5 Å². The summed E-state index contributed by atoms with van der Waals surface area (Å²) in [5.41, 5.74) is -4.81. The number of benzene rings is 1. The minimum absolute atomic E-state index is 0.102. The number of hydrogen-bond acceptors (Lipinski definition) is 11. The number of carbonyl (C=O) groups is 1. The topological polar surface area (TPSA) is 147 Å². The van der Waals surface area contributed by atoms with Gasteiger partial charge in [-0.05, 0) is 31.5 Å². The number of esters is 1. The molecule has 11 nitrogen and oxygen atoms in total. The predicted molar refractivity (Wildman–Crippen MR) is 146 cm³/mol. The average Bonchev–Trinajstić information content (AvgIpc) is 3.37. The summed E-state index contributed by atoms with van der Waals surface area (Å²) in [6, 6.07) is 8.22. The van der Waals surface area contributed by atoms with Crippen LogP contribution in [-0.2, 0) is 23.7 Å². The smallest absolute Gasteiger partial charge is 0.338 e. The van der Waals surface area contributed by atoms with Gasteiger partial charge in [0.25, 0.3) is 0 Å². The van der Waals surface area contributed by atoms with E-state index in [4.69, 9.17) is 23.7 Å². The van der Waals surface area contributed by atoms with Gasteiger partial charge in [-0.1, -0.05) is 18.2 Å². The predicted octanol–water partition coefficient (Wildman–Crippen LogP) is -0.313. The number of fused-ring (bicyclic) bond motifs is 2. The van der Waals surface area contributed by atoms with Crippen molar-refractivity contribution in [2.24, 2.45) is 34.5 Å². The van der Waals surface area contributed by atoms with Gasteiger partial charge in [-0.25, -0.2) is 4.79 Å². The Morgan fingerprint density at radius 3 is 2.33 bits per heavy atom. The van der Waals surface area contributed by atoms with E-state index in [1.807, 2.05) is 7.05 Å². The quantitative estimate of drug-likeness (QED) is 0.311. The third-order valence-corrected chi connectivity index (χ3v) is 12.6. The van der Waals surface area contributed by atoms with Gasteiger partial charge in [0.1, 0.15) is 29.5 Å². The average molecular weight is 590 g/mol. The lowest BCUT2D eigenvalue weighted by molar-refractivity contribution is -0.318. The summed E-state index contributed by atoms with van der Waals surface area (Å²) in [5.74, 6) is -2.96. The van der Waals surface area contributed by atoms with Crippen LogP contribution in [0.1, 0.15) is 23.2 Å². The standard InChI is InChI=1S/C31H43NO10/c1-32-13-28(14-38-2)17(33)11-18(39-3)30-16-12-29(36)25(42-27(35)15-9-7-6-8-10-15)19(16)31(37,24(34)26(29)41-5)20(23(30)32)21(40-4)22(28)30/h6-10,16-26,33-34,36-37H,11-14H2,1-5H3/t16-,17?,18+,19-,20+,21+,22-,23-,24+,25-,26+,28+,29+,30+,31-/m1/s1. The second-order valence-corrected chi connectivity index (χ2v) is 13.7. The number of aliphatic hydroxyl groups excluding tert-OH is 2. The van der Waals surface area contributed by atoms with Gasteiger partial charge in [0.15, 0.2) is 0 Å². The fourth-order valence-corrected chi connectivity index (χ4v) is 11.8. The van der Waals surface area contributed by atoms with Gasteiger partial charge in [-0.2, -0.15) is 0 Å². The molecule has 5 aliphatic carbocycles. The van der Waals surface area contributed by atoms with Crippen molar-refractivity contribution in [3.8, 4) is 0 Å². The zero-order valence-electron chi connectivity index (χ0n) is 24.8. The summed E-state index contributed by atoms with van der Waals surface area (Å²) in [6.45, 7) is 0.760. The Morgan fingerprint density at radius 1 is 1.00 bits per heavy atom. The van der Waals surface area contributed by atoms with Gasteiger partial charge >= 0.3 is 5.97 Å². The van der Waals surface area contributed by atoms with Crippen molar-refractivity contribution in [1.82, 2.24) is 4.90 Å². The van der Waals surface area contributed by atoms with Crippen LogP contribution in [0.5, 0.6) is 0 Å². The highest BCUT2D eigenvalue weighted by atomic mass is 16.6. The molecule has 5 saturated carbocycles. The largest absolute Gasteiger partial charge is 0.455 e. The molecule has 232 valence electrons. The van der Waals surface area contributed by atoms with E-state index in [1.54, 1.807) is 51.7 Å². The molecular formula is C31H43NO10. The number of hydrogen-bond donors (Lipinski definition) is 4. The lowest BCUT2D eigenvalue weighted by Crippen LogP contribution is -2.80. The van der Waals surface area contributed by atoms with E-state index in [0.717, 1.165) is 0 Å². The molecule has 0 amide bonds. The first-order valence-corrected chi connectivity index (χ1v) is 14.9. The number of aliphatic hydroxyl groups is 4. The number of rotatable bonds is 7. The summed E-state index contributed by atoms with van der Waals surface area (Å²) in [7, 11) is 8.22. The Morgan fingerprint density at radius 2 is 1.71 bits per heavy atom. The van der Waals surface area contributed by atoms with Crippen molar-refractivity contribution in [2.75, 3.05) is 48.6 Å². The van der Waals surface area contributed by atoms with Gasteiger partial charge in [0, 0.05) is 76.0 Å². The van der Waals surface area contributed by atoms with Crippen LogP contribution in [0.3, 0.4) is 0 Å². The minimum Gasteiger partial charge on any atom is -0.455 e. The third kappa shape index (κ3) is 3.05.